The Morgan fingerprint density at radius 2 is 1.86 bits per heavy atom. The molecule has 3 heterocycles. The lowest BCUT2D eigenvalue weighted by Crippen LogP contribution is -2.38. The third-order valence-electron chi connectivity index (χ3n) is 6.18. The number of rotatable bonds is 3. The Labute approximate surface area is 165 Å². The van der Waals surface area contributed by atoms with Gasteiger partial charge in [0.25, 0.3) is 0 Å². The molecule has 0 saturated carbocycles. The van der Waals surface area contributed by atoms with E-state index >= 15 is 0 Å². The average molecular weight is 377 g/mol. The number of anilines is 1. The third kappa shape index (κ3) is 3.02. The minimum absolute atomic E-state index is 0.0299. The maximum Gasteiger partial charge on any atom is 0.232 e. The summed E-state index contributed by atoms with van der Waals surface area (Å²) in [4.78, 5) is 2.36. The van der Waals surface area contributed by atoms with Crippen molar-refractivity contribution in [2.45, 2.75) is 57.2 Å². The highest BCUT2D eigenvalue weighted by atomic mass is 16.5. The van der Waals surface area contributed by atoms with Gasteiger partial charge in [-0.1, -0.05) is 24.3 Å². The van der Waals surface area contributed by atoms with Gasteiger partial charge >= 0.3 is 0 Å². The first-order chi connectivity index (χ1) is 13.7. The lowest BCUT2D eigenvalue weighted by molar-refractivity contribution is 0.176. The molecule has 1 saturated heterocycles. The zero-order valence-corrected chi connectivity index (χ0v) is 16.3. The van der Waals surface area contributed by atoms with E-state index in [1.165, 1.54) is 30.4 Å². The molecule has 1 aromatic carbocycles. The number of hydrogen-bond acceptors (Lipinski definition) is 5. The monoisotopic (exact) mass is 377 g/mol. The molecule has 1 fully saturated rings. The molecule has 0 unspecified atom stereocenters. The molecule has 5 rings (SSSR count). The molecule has 1 aliphatic heterocycles. The smallest absolute Gasteiger partial charge is 0.232 e. The minimum Gasteiger partial charge on any atom is -0.484 e. The summed E-state index contributed by atoms with van der Waals surface area (Å²) in [6, 6.07) is 12.9. The molecule has 0 amide bonds. The predicted molar refractivity (Wildman–Crippen MR) is 110 cm³/mol. The van der Waals surface area contributed by atoms with Gasteiger partial charge in [0.1, 0.15) is 11.9 Å². The second-order valence-corrected chi connectivity index (χ2v) is 8.05. The Hall–Kier alpha value is -2.60. The molecule has 1 aliphatic carbocycles. The van der Waals surface area contributed by atoms with Crippen molar-refractivity contribution in [2.75, 3.05) is 11.4 Å². The van der Waals surface area contributed by atoms with E-state index in [9.17, 15) is 0 Å². The van der Waals surface area contributed by atoms with E-state index in [4.69, 9.17) is 10.5 Å². The number of benzene rings is 1. The normalized spacial score (nSPS) is 24.9. The first-order valence-electron chi connectivity index (χ1n) is 10.3. The number of nitrogens with zero attached hydrogens (tertiary/aromatic N) is 4. The molecule has 6 heteroatoms. The maximum atomic E-state index is 6.43. The fourth-order valence-electron chi connectivity index (χ4n) is 4.59. The summed E-state index contributed by atoms with van der Waals surface area (Å²) < 4.78 is 8.49. The van der Waals surface area contributed by atoms with Gasteiger partial charge in [-0.15, -0.1) is 10.2 Å². The van der Waals surface area contributed by atoms with Crippen molar-refractivity contribution in [1.82, 2.24) is 14.6 Å². The van der Waals surface area contributed by atoms with Gasteiger partial charge in [0.05, 0.1) is 6.20 Å². The quantitative estimate of drug-likeness (QED) is 0.746. The molecule has 0 bridgehead atoms. The van der Waals surface area contributed by atoms with Crippen molar-refractivity contribution < 1.29 is 4.74 Å². The maximum absolute atomic E-state index is 6.43. The Balaban J connectivity index is 1.46. The SMILES string of the molecule is C[C@@H]1CCCCN1c1nnc2ccc(O[C@@H]3CC[C@H](N)c4ccccc43)cn12. The largest absolute Gasteiger partial charge is 0.484 e. The van der Waals surface area contributed by atoms with Gasteiger partial charge < -0.3 is 15.4 Å². The summed E-state index contributed by atoms with van der Waals surface area (Å²) in [5, 5.41) is 8.83. The van der Waals surface area contributed by atoms with E-state index < -0.39 is 0 Å². The van der Waals surface area contributed by atoms with Crippen LogP contribution in [-0.2, 0) is 0 Å². The summed E-state index contributed by atoms with van der Waals surface area (Å²) in [5.41, 5.74) is 9.55. The summed E-state index contributed by atoms with van der Waals surface area (Å²) >= 11 is 0. The molecule has 3 aromatic rings. The van der Waals surface area contributed by atoms with Gasteiger partial charge in [-0.3, -0.25) is 4.40 Å². The first-order valence-corrected chi connectivity index (χ1v) is 10.3. The zero-order chi connectivity index (χ0) is 19.1. The fraction of sp³-hybridized carbons (Fsp3) is 0.455. The average Bonchev–Trinajstić information content (AvgIpc) is 3.14. The van der Waals surface area contributed by atoms with Crippen LogP contribution in [0.5, 0.6) is 5.75 Å². The van der Waals surface area contributed by atoms with Crippen LogP contribution < -0.4 is 15.4 Å². The van der Waals surface area contributed by atoms with Crippen LogP contribution in [0.15, 0.2) is 42.6 Å². The van der Waals surface area contributed by atoms with Crippen LogP contribution in [0.4, 0.5) is 5.95 Å². The number of ether oxygens (including phenoxy) is 1. The lowest BCUT2D eigenvalue weighted by atomic mass is 9.86. The molecular formula is C22H27N5O. The Morgan fingerprint density at radius 1 is 1.00 bits per heavy atom. The van der Waals surface area contributed by atoms with Crippen LogP contribution in [0.1, 0.15) is 62.3 Å². The molecule has 6 nitrogen and oxygen atoms in total. The number of piperidine rings is 1. The number of nitrogens with two attached hydrogens (primary N) is 1. The summed E-state index contributed by atoms with van der Waals surface area (Å²) in [6.45, 7) is 3.30. The lowest BCUT2D eigenvalue weighted by Gasteiger charge is -2.33. The van der Waals surface area contributed by atoms with Crippen LogP contribution in [0.3, 0.4) is 0 Å². The van der Waals surface area contributed by atoms with E-state index in [2.05, 4.69) is 50.7 Å². The van der Waals surface area contributed by atoms with Gasteiger partial charge in [0.2, 0.25) is 5.95 Å². The van der Waals surface area contributed by atoms with Crippen LogP contribution in [0.25, 0.3) is 5.65 Å². The number of hydrogen-bond donors (Lipinski definition) is 1. The van der Waals surface area contributed by atoms with Gasteiger partial charge in [-0.2, -0.15) is 0 Å². The van der Waals surface area contributed by atoms with E-state index in [1.54, 1.807) is 0 Å². The van der Waals surface area contributed by atoms with Crippen molar-refractivity contribution in [2.24, 2.45) is 5.73 Å². The number of fused-ring (bicyclic) bond motifs is 2. The van der Waals surface area contributed by atoms with Gasteiger partial charge in [-0.05, 0) is 62.3 Å². The Morgan fingerprint density at radius 3 is 2.71 bits per heavy atom. The van der Waals surface area contributed by atoms with E-state index in [-0.39, 0.29) is 12.1 Å². The van der Waals surface area contributed by atoms with Crippen LogP contribution >= 0.6 is 0 Å². The number of aromatic nitrogens is 3. The molecule has 0 radical (unpaired) electrons. The predicted octanol–water partition coefficient (Wildman–Crippen LogP) is 4.02. The van der Waals surface area contributed by atoms with Crippen molar-refractivity contribution in [1.29, 1.82) is 0 Å². The molecule has 0 spiro atoms. The molecule has 2 aromatic heterocycles. The van der Waals surface area contributed by atoms with Gasteiger partial charge in [0, 0.05) is 18.6 Å². The third-order valence-corrected chi connectivity index (χ3v) is 6.18. The fourth-order valence-corrected chi connectivity index (χ4v) is 4.59. The van der Waals surface area contributed by atoms with E-state index in [0.29, 0.717) is 6.04 Å². The standard InChI is InChI=1S/C22H27N5O/c1-15-6-4-5-13-26(15)22-25-24-21-12-9-16(14-27(21)22)28-20-11-10-19(23)17-7-2-3-8-18(17)20/h2-3,7-9,12,14-15,19-20H,4-6,10-11,13,23H2,1H3/t15-,19+,20-/m1/s1. The van der Waals surface area contributed by atoms with Crippen molar-refractivity contribution in [3.63, 3.8) is 0 Å². The highest BCUT2D eigenvalue weighted by Crippen LogP contribution is 2.37. The van der Waals surface area contributed by atoms with Gasteiger partial charge in [0.15, 0.2) is 5.65 Å². The molecule has 3 atom stereocenters. The van der Waals surface area contributed by atoms with Gasteiger partial charge in [-0.25, -0.2) is 0 Å². The van der Waals surface area contributed by atoms with E-state index in [1.807, 2.05) is 18.3 Å². The summed E-state index contributed by atoms with van der Waals surface area (Å²) in [6.07, 6.45) is 7.61. The second-order valence-electron chi connectivity index (χ2n) is 8.05. The van der Waals surface area contributed by atoms with Crippen LogP contribution in [0.2, 0.25) is 0 Å². The van der Waals surface area contributed by atoms with Crippen LogP contribution in [-0.4, -0.2) is 27.2 Å². The molecule has 2 N–H and O–H groups in total. The Bertz CT molecular complexity index is 984. The van der Waals surface area contributed by atoms with E-state index in [0.717, 1.165) is 36.7 Å². The number of pyridine rings is 1. The topological polar surface area (TPSA) is 68.7 Å². The van der Waals surface area contributed by atoms with Crippen molar-refractivity contribution in [3.05, 3.63) is 53.7 Å². The molecule has 28 heavy (non-hydrogen) atoms. The summed E-state index contributed by atoms with van der Waals surface area (Å²) in [5.74, 6) is 1.76. The summed E-state index contributed by atoms with van der Waals surface area (Å²) in [7, 11) is 0. The molecule has 2 aliphatic rings. The Kier molecular flexibility index (Phi) is 4.43. The van der Waals surface area contributed by atoms with Crippen LogP contribution in [0, 0.1) is 0 Å². The van der Waals surface area contributed by atoms with Crippen molar-refractivity contribution in [3.8, 4) is 5.75 Å². The highest BCUT2D eigenvalue weighted by Gasteiger charge is 2.27. The zero-order valence-electron chi connectivity index (χ0n) is 16.3. The molecular weight excluding hydrogens is 350 g/mol. The molecule has 146 valence electrons. The second kappa shape index (κ2) is 7.09. The minimum atomic E-state index is 0.0299. The first kappa shape index (κ1) is 17.5. The highest BCUT2D eigenvalue weighted by molar-refractivity contribution is 5.49. The van der Waals surface area contributed by atoms with Crippen molar-refractivity contribution >= 4 is 11.6 Å².